The third kappa shape index (κ3) is 4.92. The maximum atomic E-state index is 13.1. The minimum absolute atomic E-state index is 0.0418. The van der Waals surface area contributed by atoms with Crippen LogP contribution in [0.3, 0.4) is 0 Å². The van der Waals surface area contributed by atoms with Gasteiger partial charge in [-0.3, -0.25) is 9.59 Å². The lowest BCUT2D eigenvalue weighted by Gasteiger charge is -2.39. The zero-order valence-electron chi connectivity index (χ0n) is 19.1. The van der Waals surface area contributed by atoms with Crippen LogP contribution in [0.5, 0.6) is 0 Å². The molecule has 34 heavy (non-hydrogen) atoms. The molecule has 2 aliphatic rings. The maximum Gasteiger partial charge on any atom is 0.407 e. The second-order valence-corrected chi connectivity index (χ2v) is 9.09. The summed E-state index contributed by atoms with van der Waals surface area (Å²) in [5.74, 6) is -1.86. The highest BCUT2D eigenvalue weighted by Crippen LogP contribution is 2.44. The van der Waals surface area contributed by atoms with Crippen LogP contribution in [0.4, 0.5) is 4.79 Å². The minimum Gasteiger partial charge on any atom is -0.481 e. The molecule has 3 N–H and O–H groups in total. The normalized spacial score (nSPS) is 20.2. The molecular formula is C26H30N2O6. The molecule has 3 unspecified atom stereocenters. The fourth-order valence-electron chi connectivity index (χ4n) is 5.00. The molecule has 1 aliphatic heterocycles. The van der Waals surface area contributed by atoms with Crippen LogP contribution in [0.2, 0.25) is 0 Å². The zero-order chi connectivity index (χ0) is 24.2. The van der Waals surface area contributed by atoms with Crippen molar-refractivity contribution in [3.05, 3.63) is 59.7 Å². The molecule has 2 aromatic rings. The number of carbonyl (C=O) groups excluding carboxylic acids is 2. The number of benzene rings is 2. The highest BCUT2D eigenvalue weighted by Gasteiger charge is 2.35. The summed E-state index contributed by atoms with van der Waals surface area (Å²) >= 11 is 0. The number of alkyl carbamates (subject to hydrolysis) is 1. The number of carboxylic acid groups (broad SMARTS) is 1. The number of ether oxygens (including phenoxy) is 1. The van der Waals surface area contributed by atoms with Crippen LogP contribution in [0.1, 0.15) is 43.2 Å². The number of rotatable bonds is 7. The van der Waals surface area contributed by atoms with Crippen LogP contribution in [-0.2, 0) is 14.3 Å². The highest BCUT2D eigenvalue weighted by molar-refractivity contribution is 5.89. The van der Waals surface area contributed by atoms with Crippen molar-refractivity contribution in [2.45, 2.75) is 44.2 Å². The highest BCUT2D eigenvalue weighted by atomic mass is 16.5. The number of aliphatic hydroxyl groups is 1. The molecule has 0 bridgehead atoms. The first-order valence-electron chi connectivity index (χ1n) is 11.6. The number of carboxylic acids is 1. The van der Waals surface area contributed by atoms with E-state index in [1.54, 1.807) is 4.90 Å². The number of hydrogen-bond acceptors (Lipinski definition) is 5. The summed E-state index contributed by atoms with van der Waals surface area (Å²) in [6.07, 6.45) is 0.132. The number of piperidine rings is 1. The summed E-state index contributed by atoms with van der Waals surface area (Å²) in [4.78, 5) is 38.8. The number of amides is 2. The number of fused-ring (bicyclic) bond motifs is 3. The first-order valence-corrected chi connectivity index (χ1v) is 11.6. The quantitative estimate of drug-likeness (QED) is 0.578. The van der Waals surface area contributed by atoms with E-state index in [4.69, 9.17) is 4.74 Å². The van der Waals surface area contributed by atoms with E-state index in [0.29, 0.717) is 13.0 Å². The summed E-state index contributed by atoms with van der Waals surface area (Å²) in [5.41, 5.74) is 4.32. The van der Waals surface area contributed by atoms with Crippen molar-refractivity contribution in [1.29, 1.82) is 0 Å². The average molecular weight is 467 g/mol. The molecule has 3 atom stereocenters. The van der Waals surface area contributed by atoms with Gasteiger partial charge in [0, 0.05) is 25.1 Å². The van der Waals surface area contributed by atoms with E-state index in [2.05, 4.69) is 5.32 Å². The summed E-state index contributed by atoms with van der Waals surface area (Å²) in [5, 5.41) is 21.3. The Morgan fingerprint density at radius 3 is 2.26 bits per heavy atom. The van der Waals surface area contributed by atoms with E-state index in [0.717, 1.165) is 28.7 Å². The Bertz CT molecular complexity index is 1030. The van der Waals surface area contributed by atoms with Crippen LogP contribution >= 0.6 is 0 Å². The number of nitrogens with one attached hydrogen (secondary N) is 1. The molecule has 0 radical (unpaired) electrons. The topological polar surface area (TPSA) is 116 Å². The van der Waals surface area contributed by atoms with E-state index in [1.807, 2.05) is 55.5 Å². The Hall–Kier alpha value is -3.39. The van der Waals surface area contributed by atoms with Crippen molar-refractivity contribution in [1.82, 2.24) is 10.2 Å². The zero-order valence-corrected chi connectivity index (χ0v) is 19.1. The number of aliphatic hydroxyl groups excluding tert-OH is 1. The molecule has 1 heterocycles. The van der Waals surface area contributed by atoms with E-state index < -0.39 is 30.4 Å². The molecule has 2 aromatic carbocycles. The van der Waals surface area contributed by atoms with Gasteiger partial charge in [0.15, 0.2) is 0 Å². The van der Waals surface area contributed by atoms with E-state index in [9.17, 15) is 24.6 Å². The van der Waals surface area contributed by atoms with Gasteiger partial charge in [-0.2, -0.15) is 0 Å². The Kier molecular flexibility index (Phi) is 7.17. The lowest BCUT2D eigenvalue weighted by Crippen LogP contribution is -2.55. The SMILES string of the molecule is CC1CCC(CO)CN1C(=O)C(CC(=O)O)NC(=O)OCC1c2ccccc2-c2ccccc21. The van der Waals surface area contributed by atoms with Crippen LogP contribution in [0, 0.1) is 5.92 Å². The molecule has 1 fully saturated rings. The van der Waals surface area contributed by atoms with Gasteiger partial charge >= 0.3 is 12.1 Å². The third-order valence-corrected chi connectivity index (χ3v) is 6.83. The number of nitrogens with zero attached hydrogens (tertiary/aromatic N) is 1. The Labute approximate surface area is 198 Å². The average Bonchev–Trinajstić information content (AvgIpc) is 3.15. The Balaban J connectivity index is 1.44. The van der Waals surface area contributed by atoms with Gasteiger partial charge in [-0.25, -0.2) is 4.79 Å². The van der Waals surface area contributed by atoms with Gasteiger partial charge in [0.05, 0.1) is 6.42 Å². The van der Waals surface area contributed by atoms with Gasteiger partial charge in [0.1, 0.15) is 12.6 Å². The Morgan fingerprint density at radius 1 is 1.06 bits per heavy atom. The van der Waals surface area contributed by atoms with Gasteiger partial charge in [0.2, 0.25) is 5.91 Å². The lowest BCUT2D eigenvalue weighted by atomic mass is 9.93. The number of aliphatic carboxylic acids is 1. The molecule has 0 spiro atoms. The van der Waals surface area contributed by atoms with E-state index in [-0.39, 0.29) is 31.1 Å². The summed E-state index contributed by atoms with van der Waals surface area (Å²) in [6, 6.07) is 14.6. The molecular weight excluding hydrogens is 436 g/mol. The van der Waals surface area contributed by atoms with Crippen LogP contribution < -0.4 is 5.32 Å². The molecule has 2 amide bonds. The molecule has 8 nitrogen and oxygen atoms in total. The fraction of sp³-hybridized carbons (Fsp3) is 0.423. The van der Waals surface area contributed by atoms with Crippen molar-refractivity contribution in [2.24, 2.45) is 5.92 Å². The standard InChI is InChI=1S/C26H30N2O6/c1-16-10-11-17(14-29)13-28(16)25(32)23(12-24(30)31)27-26(33)34-15-22-20-8-4-2-6-18(20)19-7-3-5-9-21(19)22/h2-9,16-17,22-23,29H,10-15H2,1H3,(H,27,33)(H,30,31). The van der Waals surface area contributed by atoms with Gasteiger partial charge in [-0.15, -0.1) is 0 Å². The largest absolute Gasteiger partial charge is 0.481 e. The minimum atomic E-state index is -1.24. The summed E-state index contributed by atoms with van der Waals surface area (Å²) in [7, 11) is 0. The molecule has 4 rings (SSSR count). The van der Waals surface area contributed by atoms with Crippen molar-refractivity contribution >= 4 is 18.0 Å². The number of hydrogen-bond donors (Lipinski definition) is 3. The number of carbonyl (C=O) groups is 3. The van der Waals surface area contributed by atoms with Crippen molar-refractivity contribution in [3.63, 3.8) is 0 Å². The first kappa shape index (κ1) is 23.8. The van der Waals surface area contributed by atoms with Crippen molar-refractivity contribution < 1.29 is 29.3 Å². The maximum absolute atomic E-state index is 13.1. The van der Waals surface area contributed by atoms with Crippen LogP contribution in [-0.4, -0.2) is 64.9 Å². The van der Waals surface area contributed by atoms with Gasteiger partial charge in [0.25, 0.3) is 0 Å². The van der Waals surface area contributed by atoms with Gasteiger partial charge < -0.3 is 25.2 Å². The lowest BCUT2D eigenvalue weighted by molar-refractivity contribution is -0.144. The molecule has 1 saturated heterocycles. The molecule has 0 saturated carbocycles. The first-order chi connectivity index (χ1) is 16.4. The third-order valence-electron chi connectivity index (χ3n) is 6.83. The van der Waals surface area contributed by atoms with Crippen LogP contribution in [0.15, 0.2) is 48.5 Å². The summed E-state index contributed by atoms with van der Waals surface area (Å²) < 4.78 is 5.50. The summed E-state index contributed by atoms with van der Waals surface area (Å²) in [6.45, 7) is 2.25. The smallest absolute Gasteiger partial charge is 0.407 e. The Morgan fingerprint density at radius 2 is 1.68 bits per heavy atom. The predicted octanol–water partition coefficient (Wildman–Crippen LogP) is 2.99. The van der Waals surface area contributed by atoms with Gasteiger partial charge in [-0.1, -0.05) is 48.5 Å². The monoisotopic (exact) mass is 466 g/mol. The van der Waals surface area contributed by atoms with Crippen molar-refractivity contribution in [3.8, 4) is 11.1 Å². The molecule has 1 aliphatic carbocycles. The van der Waals surface area contributed by atoms with Crippen molar-refractivity contribution in [2.75, 3.05) is 19.8 Å². The molecule has 180 valence electrons. The van der Waals surface area contributed by atoms with E-state index >= 15 is 0 Å². The molecule has 0 aromatic heterocycles. The predicted molar refractivity (Wildman–Crippen MR) is 125 cm³/mol. The molecule has 8 heteroatoms. The second kappa shape index (κ2) is 10.3. The number of likely N-dealkylation sites (tertiary alicyclic amines) is 1. The van der Waals surface area contributed by atoms with Gasteiger partial charge in [-0.05, 0) is 47.9 Å². The van der Waals surface area contributed by atoms with Crippen LogP contribution in [0.25, 0.3) is 11.1 Å². The van der Waals surface area contributed by atoms with E-state index in [1.165, 1.54) is 0 Å². The second-order valence-electron chi connectivity index (χ2n) is 9.09. The fourth-order valence-corrected chi connectivity index (χ4v) is 5.00.